The van der Waals surface area contributed by atoms with Gasteiger partial charge in [-0.2, -0.15) is 0 Å². The quantitative estimate of drug-likeness (QED) is 0.212. The summed E-state index contributed by atoms with van der Waals surface area (Å²) < 4.78 is 5.45. The molecule has 0 saturated heterocycles. The zero-order valence-corrected chi connectivity index (χ0v) is 21.3. The molecule has 35 heavy (non-hydrogen) atoms. The van der Waals surface area contributed by atoms with E-state index >= 15 is 0 Å². The van der Waals surface area contributed by atoms with E-state index in [-0.39, 0.29) is 32.0 Å². The standard InChI is InChI=1S/C25H16Cl4N2O4/c1-12-9-17(10-13(2)20(12)28)35-25(34)14-3-5-15(6-4-14)30-22-21(29)23(32)31(24(22)33)16-7-8-18(26)19(27)11-16/h3-11,30H,1-2H3. The van der Waals surface area contributed by atoms with Crippen molar-refractivity contribution >= 4 is 75.6 Å². The summed E-state index contributed by atoms with van der Waals surface area (Å²) in [6, 6.07) is 13.9. The summed E-state index contributed by atoms with van der Waals surface area (Å²) in [6.45, 7) is 3.65. The number of nitrogens with one attached hydrogen (secondary N) is 1. The number of carbonyl (C=O) groups excluding carboxylic acids is 3. The van der Waals surface area contributed by atoms with Crippen molar-refractivity contribution in [1.29, 1.82) is 0 Å². The van der Waals surface area contributed by atoms with Crippen molar-refractivity contribution in [2.24, 2.45) is 0 Å². The van der Waals surface area contributed by atoms with Crippen molar-refractivity contribution < 1.29 is 19.1 Å². The Hall–Kier alpha value is -3.03. The van der Waals surface area contributed by atoms with Gasteiger partial charge in [0.25, 0.3) is 11.8 Å². The van der Waals surface area contributed by atoms with Gasteiger partial charge in [0.05, 0.1) is 21.3 Å². The number of esters is 1. The lowest BCUT2D eigenvalue weighted by Gasteiger charge is -2.15. The molecule has 178 valence electrons. The largest absolute Gasteiger partial charge is 0.423 e. The average Bonchev–Trinajstić information content (AvgIpc) is 3.03. The third-order valence-electron chi connectivity index (χ3n) is 5.20. The second-order valence-electron chi connectivity index (χ2n) is 7.70. The first-order valence-electron chi connectivity index (χ1n) is 10.2. The molecule has 0 spiro atoms. The van der Waals surface area contributed by atoms with Gasteiger partial charge >= 0.3 is 5.97 Å². The summed E-state index contributed by atoms with van der Waals surface area (Å²) in [7, 11) is 0. The number of aryl methyl sites for hydroxylation is 2. The Balaban J connectivity index is 1.49. The minimum Gasteiger partial charge on any atom is -0.423 e. The number of halogens is 4. The first kappa shape index (κ1) is 25.1. The van der Waals surface area contributed by atoms with Gasteiger partial charge in [-0.1, -0.05) is 46.4 Å². The molecular formula is C25H16Cl4N2O4. The highest BCUT2D eigenvalue weighted by Gasteiger charge is 2.39. The van der Waals surface area contributed by atoms with Crippen molar-refractivity contribution in [3.8, 4) is 5.75 Å². The van der Waals surface area contributed by atoms with Crippen LogP contribution in [0.25, 0.3) is 0 Å². The fourth-order valence-electron chi connectivity index (χ4n) is 3.44. The van der Waals surface area contributed by atoms with E-state index in [2.05, 4.69) is 5.32 Å². The predicted molar refractivity (Wildman–Crippen MR) is 138 cm³/mol. The maximum absolute atomic E-state index is 12.9. The predicted octanol–water partition coefficient (Wildman–Crippen LogP) is 6.92. The number of nitrogens with zero attached hydrogens (tertiary/aromatic N) is 1. The Morgan fingerprint density at radius 1 is 0.829 bits per heavy atom. The van der Waals surface area contributed by atoms with Crippen LogP contribution in [-0.2, 0) is 9.59 Å². The molecule has 0 aromatic heterocycles. The molecule has 1 N–H and O–H groups in total. The van der Waals surface area contributed by atoms with Gasteiger partial charge in [-0.05, 0) is 79.6 Å². The molecule has 3 aromatic rings. The van der Waals surface area contributed by atoms with E-state index in [1.807, 2.05) is 13.8 Å². The third-order valence-corrected chi connectivity index (χ3v) is 6.88. The van der Waals surface area contributed by atoms with Crippen LogP contribution < -0.4 is 15.0 Å². The van der Waals surface area contributed by atoms with Crippen molar-refractivity contribution in [2.45, 2.75) is 13.8 Å². The molecule has 6 nitrogen and oxygen atoms in total. The minimum atomic E-state index is -0.702. The lowest BCUT2D eigenvalue weighted by Crippen LogP contribution is -2.32. The van der Waals surface area contributed by atoms with E-state index in [1.165, 1.54) is 30.3 Å². The van der Waals surface area contributed by atoms with Crippen LogP contribution in [0.15, 0.2) is 65.3 Å². The van der Waals surface area contributed by atoms with Crippen LogP contribution in [0.3, 0.4) is 0 Å². The molecule has 1 aliphatic rings. The monoisotopic (exact) mass is 548 g/mol. The number of rotatable bonds is 5. The molecule has 0 unspecified atom stereocenters. The fraction of sp³-hybridized carbons (Fsp3) is 0.0800. The van der Waals surface area contributed by atoms with Gasteiger partial charge in [0.1, 0.15) is 16.5 Å². The Morgan fingerprint density at radius 2 is 1.46 bits per heavy atom. The second-order valence-corrected chi connectivity index (χ2v) is 9.27. The Labute approximate surface area is 221 Å². The highest BCUT2D eigenvalue weighted by atomic mass is 35.5. The number of hydrogen-bond acceptors (Lipinski definition) is 5. The van der Waals surface area contributed by atoms with E-state index in [4.69, 9.17) is 51.1 Å². The van der Waals surface area contributed by atoms with Crippen LogP contribution in [0.5, 0.6) is 5.75 Å². The molecule has 0 aliphatic carbocycles. The molecule has 3 aromatic carbocycles. The molecule has 1 heterocycles. The Morgan fingerprint density at radius 3 is 2.06 bits per heavy atom. The van der Waals surface area contributed by atoms with Gasteiger partial charge in [-0.3, -0.25) is 9.59 Å². The van der Waals surface area contributed by atoms with Gasteiger partial charge < -0.3 is 10.1 Å². The lowest BCUT2D eigenvalue weighted by molar-refractivity contribution is -0.120. The average molecular weight is 550 g/mol. The molecule has 0 radical (unpaired) electrons. The van der Waals surface area contributed by atoms with Gasteiger partial charge in [-0.15, -0.1) is 0 Å². The third kappa shape index (κ3) is 5.02. The van der Waals surface area contributed by atoms with Crippen molar-refractivity contribution in [1.82, 2.24) is 0 Å². The number of anilines is 2. The summed E-state index contributed by atoms with van der Waals surface area (Å²) in [5, 5.41) is 3.65. The van der Waals surface area contributed by atoms with Crippen molar-refractivity contribution in [2.75, 3.05) is 10.2 Å². The fourth-order valence-corrected chi connectivity index (χ4v) is 4.05. The van der Waals surface area contributed by atoms with Gasteiger partial charge in [0.2, 0.25) is 0 Å². The van der Waals surface area contributed by atoms with Crippen LogP contribution in [0.4, 0.5) is 11.4 Å². The van der Waals surface area contributed by atoms with Crippen LogP contribution in [0.2, 0.25) is 15.1 Å². The zero-order chi connectivity index (χ0) is 25.4. The summed E-state index contributed by atoms with van der Waals surface area (Å²) in [5.41, 5.74) is 2.44. The summed E-state index contributed by atoms with van der Waals surface area (Å²) in [5.74, 6) is -1.54. The molecule has 0 bridgehead atoms. The Bertz CT molecular complexity index is 1390. The first-order chi connectivity index (χ1) is 16.6. The molecule has 4 rings (SSSR count). The van der Waals surface area contributed by atoms with Crippen molar-refractivity contribution in [3.63, 3.8) is 0 Å². The lowest BCUT2D eigenvalue weighted by atomic mass is 10.1. The number of hydrogen-bond donors (Lipinski definition) is 1. The molecule has 0 atom stereocenters. The maximum Gasteiger partial charge on any atom is 0.343 e. The van der Waals surface area contributed by atoms with Crippen LogP contribution in [0.1, 0.15) is 21.5 Å². The highest BCUT2D eigenvalue weighted by molar-refractivity contribution is 6.53. The number of imide groups is 1. The second kappa shape index (κ2) is 9.91. The molecule has 10 heteroatoms. The van der Waals surface area contributed by atoms with Gasteiger partial charge in [0.15, 0.2) is 0 Å². The minimum absolute atomic E-state index is 0.106. The van der Waals surface area contributed by atoms with Crippen molar-refractivity contribution in [3.05, 3.63) is 97.1 Å². The molecule has 1 aliphatic heterocycles. The maximum atomic E-state index is 12.9. The van der Waals surface area contributed by atoms with Gasteiger partial charge in [-0.25, -0.2) is 9.69 Å². The molecule has 2 amide bonds. The van der Waals surface area contributed by atoms with Crippen LogP contribution in [-0.4, -0.2) is 17.8 Å². The first-order valence-corrected chi connectivity index (χ1v) is 11.7. The number of benzene rings is 3. The molecular weight excluding hydrogens is 534 g/mol. The number of carbonyl (C=O) groups is 3. The number of amides is 2. The van der Waals surface area contributed by atoms with E-state index in [0.717, 1.165) is 16.0 Å². The Kier molecular flexibility index (Phi) is 7.10. The molecule has 0 fully saturated rings. The van der Waals surface area contributed by atoms with Gasteiger partial charge in [0, 0.05) is 10.7 Å². The summed E-state index contributed by atoms with van der Waals surface area (Å²) in [6.07, 6.45) is 0. The SMILES string of the molecule is Cc1cc(OC(=O)c2ccc(NC3=C(Cl)C(=O)N(c4ccc(Cl)c(Cl)c4)C3=O)cc2)cc(C)c1Cl. The highest BCUT2D eigenvalue weighted by Crippen LogP contribution is 2.33. The number of ether oxygens (including phenoxy) is 1. The topological polar surface area (TPSA) is 75.7 Å². The van der Waals surface area contributed by atoms with E-state index in [0.29, 0.717) is 16.5 Å². The van der Waals surface area contributed by atoms with Crippen LogP contribution in [0, 0.1) is 13.8 Å². The summed E-state index contributed by atoms with van der Waals surface area (Å²) in [4.78, 5) is 39.0. The van der Waals surface area contributed by atoms with E-state index in [9.17, 15) is 14.4 Å². The van der Waals surface area contributed by atoms with E-state index in [1.54, 1.807) is 24.3 Å². The van der Waals surface area contributed by atoms with E-state index < -0.39 is 17.8 Å². The smallest absolute Gasteiger partial charge is 0.343 e. The zero-order valence-electron chi connectivity index (χ0n) is 18.3. The van der Waals surface area contributed by atoms with Crippen LogP contribution >= 0.6 is 46.4 Å². The summed E-state index contributed by atoms with van der Waals surface area (Å²) >= 11 is 24.3. The normalized spacial score (nSPS) is 13.5. The molecule has 0 saturated carbocycles.